The van der Waals surface area contributed by atoms with Crippen molar-refractivity contribution in [2.45, 2.75) is 30.9 Å². The lowest BCUT2D eigenvalue weighted by atomic mass is 10.1. The summed E-state index contributed by atoms with van der Waals surface area (Å²) < 4.78 is 47.3. The summed E-state index contributed by atoms with van der Waals surface area (Å²) in [7, 11) is -6.08. The first-order chi connectivity index (χ1) is 19.7. The van der Waals surface area contributed by atoms with Gasteiger partial charge in [0.15, 0.2) is 19.7 Å². The van der Waals surface area contributed by atoms with Crippen LogP contribution in [-0.4, -0.2) is 64.5 Å². The lowest BCUT2D eigenvalue weighted by Gasteiger charge is -2.13. The molecule has 3 N–H and O–H groups in total. The maximum atomic E-state index is 12.1. The fourth-order valence-electron chi connectivity index (χ4n) is 5.49. The van der Waals surface area contributed by atoms with Gasteiger partial charge in [-0.15, -0.1) is 0 Å². The summed E-state index contributed by atoms with van der Waals surface area (Å²) in [6.07, 6.45) is 5.69. The molecule has 3 aliphatic rings. The van der Waals surface area contributed by atoms with E-state index in [0.29, 0.717) is 40.5 Å². The van der Waals surface area contributed by atoms with E-state index in [1.165, 1.54) is 18.2 Å². The number of fused-ring (bicyclic) bond motifs is 7. The molecule has 0 spiro atoms. The molecule has 5 aromatic rings. The first-order valence-corrected chi connectivity index (χ1v) is 16.8. The first-order valence-electron chi connectivity index (χ1n) is 12.8. The molecule has 0 amide bonds. The van der Waals surface area contributed by atoms with E-state index in [1.807, 2.05) is 24.4 Å². The maximum Gasteiger partial charge on any atom is 0.154 e. The number of benzene rings is 1. The Morgan fingerprint density at radius 1 is 0.805 bits per heavy atom. The quantitative estimate of drug-likeness (QED) is 0.253. The molecule has 1 aromatic carbocycles. The largest absolute Gasteiger partial charge is 0.343 e. The van der Waals surface area contributed by atoms with Gasteiger partial charge in [0.2, 0.25) is 0 Å². The second-order valence-electron chi connectivity index (χ2n) is 10.2. The number of aromatic amines is 2. The molecule has 0 radical (unpaired) electrons. The van der Waals surface area contributed by atoms with Gasteiger partial charge in [-0.25, -0.2) is 36.8 Å². The van der Waals surface area contributed by atoms with Gasteiger partial charge in [-0.3, -0.25) is 4.99 Å². The van der Waals surface area contributed by atoms with Crippen molar-refractivity contribution in [3.8, 4) is 0 Å². The van der Waals surface area contributed by atoms with Gasteiger partial charge >= 0.3 is 0 Å². The predicted molar refractivity (Wildman–Crippen MR) is 156 cm³/mol. The van der Waals surface area contributed by atoms with Crippen LogP contribution in [0.15, 0.2) is 35.8 Å². The molecule has 4 aromatic heterocycles. The molecular weight excluding hydrogens is 588 g/mol. The number of aliphatic imine (C=N–C) groups is 1. The minimum absolute atomic E-state index is 0.0232. The molecule has 0 bridgehead atoms. The molecule has 210 valence electrons. The van der Waals surface area contributed by atoms with Crippen LogP contribution in [0.4, 0.5) is 11.5 Å². The number of aromatic nitrogens is 6. The van der Waals surface area contributed by atoms with Gasteiger partial charge < -0.3 is 15.3 Å². The van der Waals surface area contributed by atoms with Crippen molar-refractivity contribution in [3.63, 3.8) is 0 Å². The third-order valence-corrected chi connectivity index (χ3v) is 10.9. The van der Waals surface area contributed by atoms with Crippen LogP contribution in [0.2, 0.25) is 5.15 Å². The van der Waals surface area contributed by atoms with E-state index in [1.54, 1.807) is 0 Å². The topological polar surface area (TPSA) is 176 Å². The van der Waals surface area contributed by atoms with Gasteiger partial charge in [0.1, 0.15) is 34.9 Å². The highest BCUT2D eigenvalue weighted by molar-refractivity contribution is 7.90. The van der Waals surface area contributed by atoms with Crippen molar-refractivity contribution in [1.82, 2.24) is 29.9 Å². The van der Waals surface area contributed by atoms with Crippen molar-refractivity contribution in [1.29, 1.82) is 0 Å². The molecule has 15 heteroatoms. The fourth-order valence-corrected chi connectivity index (χ4v) is 8.57. The Kier molecular flexibility index (Phi) is 6.10. The molecule has 8 rings (SSSR count). The Labute approximate surface area is 239 Å². The monoisotopic (exact) mass is 610 g/mol. The standard InChI is InChI=1S/C17H15N5O2S.C9H8ClN3O2S/c23-25(24)4-3-14-13(8-25)15-16(19-9-20-17(15)22-14)21-12-2-1-10-6-18-7-11(10)5-12;10-8-7-5-3-16(14,15)2-1-6(5)13-9(7)12-4-11-8/h1-2,5,7,9H,3-4,6,8H2,(H2,19,20,21,22);4H,1-3H2,(H,11,12,13). The number of nitrogens with one attached hydrogen (secondary N) is 3. The summed E-state index contributed by atoms with van der Waals surface area (Å²) in [5.74, 6) is 1.02. The predicted octanol–water partition coefficient (Wildman–Crippen LogP) is 3.19. The summed E-state index contributed by atoms with van der Waals surface area (Å²) in [6, 6.07) is 6.05. The number of sulfone groups is 2. The zero-order chi connectivity index (χ0) is 28.4. The van der Waals surface area contributed by atoms with E-state index < -0.39 is 19.7 Å². The molecule has 3 aliphatic heterocycles. The Morgan fingerprint density at radius 2 is 1.44 bits per heavy atom. The lowest BCUT2D eigenvalue weighted by Crippen LogP contribution is -2.18. The third-order valence-electron chi connectivity index (χ3n) is 7.47. The van der Waals surface area contributed by atoms with Crippen LogP contribution in [0.25, 0.3) is 22.1 Å². The number of aryl methyl sites for hydroxylation is 2. The van der Waals surface area contributed by atoms with Crippen molar-refractivity contribution in [2.24, 2.45) is 4.99 Å². The van der Waals surface area contributed by atoms with Gasteiger partial charge in [0, 0.05) is 47.3 Å². The molecule has 41 heavy (non-hydrogen) atoms. The van der Waals surface area contributed by atoms with E-state index in [-0.39, 0.29) is 23.0 Å². The number of rotatable bonds is 2. The van der Waals surface area contributed by atoms with Gasteiger partial charge in [0.25, 0.3) is 0 Å². The molecular formula is C26H23ClN8O4S2. The normalized spacial score (nSPS) is 17.9. The highest BCUT2D eigenvalue weighted by Gasteiger charge is 2.28. The molecule has 0 saturated heterocycles. The van der Waals surface area contributed by atoms with Crippen molar-refractivity contribution in [3.05, 3.63) is 69.6 Å². The second kappa shape index (κ2) is 9.60. The second-order valence-corrected chi connectivity index (χ2v) is 14.9. The summed E-state index contributed by atoms with van der Waals surface area (Å²) in [5.41, 5.74) is 7.82. The minimum atomic E-state index is -3.08. The van der Waals surface area contributed by atoms with Gasteiger partial charge in [-0.05, 0) is 23.3 Å². The van der Waals surface area contributed by atoms with Crippen molar-refractivity contribution < 1.29 is 16.8 Å². The number of hydrogen-bond donors (Lipinski definition) is 3. The number of halogens is 1. The molecule has 0 atom stereocenters. The van der Waals surface area contributed by atoms with E-state index in [4.69, 9.17) is 11.6 Å². The number of H-pyrrole nitrogens is 2. The van der Waals surface area contributed by atoms with E-state index in [9.17, 15) is 16.8 Å². The van der Waals surface area contributed by atoms with Crippen LogP contribution < -0.4 is 5.32 Å². The molecule has 0 saturated carbocycles. The highest BCUT2D eigenvalue weighted by Crippen LogP contribution is 2.34. The highest BCUT2D eigenvalue weighted by atomic mass is 35.5. The Balaban J connectivity index is 0.000000149. The molecule has 12 nitrogen and oxygen atoms in total. The van der Waals surface area contributed by atoms with Crippen LogP contribution in [0.3, 0.4) is 0 Å². The summed E-state index contributed by atoms with van der Waals surface area (Å²) in [6.45, 7) is 0.719. The molecule has 0 aliphatic carbocycles. The summed E-state index contributed by atoms with van der Waals surface area (Å²) in [4.78, 5) is 27.2. The zero-order valence-electron chi connectivity index (χ0n) is 21.5. The number of nitrogens with zero attached hydrogens (tertiary/aromatic N) is 5. The van der Waals surface area contributed by atoms with E-state index >= 15 is 0 Å². The SMILES string of the molecule is O=S1(=O)CCc2[nH]c3ncnc(Cl)c3c2C1.O=S1(=O)CCc2[nH]c3ncnc(Nc4ccc5c(c4)C=NC5)c3c2C1. The summed E-state index contributed by atoms with van der Waals surface area (Å²) in [5, 5.41) is 5.02. The average Bonchev–Trinajstić information content (AvgIpc) is 3.63. The minimum Gasteiger partial charge on any atom is -0.343 e. The van der Waals surface area contributed by atoms with Gasteiger partial charge in [-0.2, -0.15) is 0 Å². The molecule has 7 heterocycles. The zero-order valence-corrected chi connectivity index (χ0v) is 23.9. The Morgan fingerprint density at radius 3 is 2.15 bits per heavy atom. The van der Waals surface area contributed by atoms with Gasteiger partial charge in [0.05, 0.1) is 40.3 Å². The van der Waals surface area contributed by atoms with Crippen LogP contribution in [0.5, 0.6) is 0 Å². The molecule has 0 fully saturated rings. The smallest absolute Gasteiger partial charge is 0.154 e. The summed E-state index contributed by atoms with van der Waals surface area (Å²) >= 11 is 5.96. The van der Waals surface area contributed by atoms with Gasteiger partial charge in [-0.1, -0.05) is 17.7 Å². The third kappa shape index (κ3) is 4.85. The molecule has 0 unspecified atom stereocenters. The Hall–Kier alpha value is -3.88. The first kappa shape index (κ1) is 26.0. The van der Waals surface area contributed by atoms with Crippen LogP contribution in [0, 0.1) is 0 Å². The van der Waals surface area contributed by atoms with Crippen LogP contribution >= 0.6 is 11.6 Å². The average molecular weight is 611 g/mol. The van der Waals surface area contributed by atoms with Crippen molar-refractivity contribution >= 4 is 71.1 Å². The maximum absolute atomic E-state index is 12.1. The Bertz CT molecular complexity index is 2120. The van der Waals surface area contributed by atoms with Crippen molar-refractivity contribution in [2.75, 3.05) is 16.8 Å². The van der Waals surface area contributed by atoms with Crippen LogP contribution in [-0.2, 0) is 50.6 Å². The number of hydrogen-bond acceptors (Lipinski definition) is 10. The van der Waals surface area contributed by atoms with Crippen LogP contribution in [0.1, 0.15) is 33.6 Å². The fraction of sp³-hybridized carbons (Fsp3) is 0.269. The number of anilines is 2. The lowest BCUT2D eigenvalue weighted by molar-refractivity contribution is 0.589. The van der Waals surface area contributed by atoms with E-state index in [0.717, 1.165) is 45.7 Å². The van der Waals surface area contributed by atoms with E-state index in [2.05, 4.69) is 40.2 Å².